The number of halogens is 1. The van der Waals surface area contributed by atoms with E-state index in [0.29, 0.717) is 5.69 Å². The lowest BCUT2D eigenvalue weighted by Crippen LogP contribution is -2.31. The van der Waals surface area contributed by atoms with Crippen LogP contribution in [0.4, 0.5) is 5.69 Å². The Morgan fingerprint density at radius 2 is 1.93 bits per heavy atom. The molecule has 1 saturated heterocycles. The second kappa shape index (κ2) is 8.16. The molecule has 9 heteroatoms. The van der Waals surface area contributed by atoms with Gasteiger partial charge in [0, 0.05) is 17.9 Å². The zero-order valence-corrected chi connectivity index (χ0v) is 17.0. The molecule has 1 amide bonds. The number of carbonyl (C=O) groups is 2. The van der Waals surface area contributed by atoms with Crippen LogP contribution in [0.5, 0.6) is 0 Å². The maximum absolute atomic E-state index is 12.6. The lowest BCUT2D eigenvalue weighted by atomic mass is 9.92. The van der Waals surface area contributed by atoms with E-state index in [2.05, 4.69) is 10.6 Å². The van der Waals surface area contributed by atoms with E-state index in [-0.39, 0.29) is 46.7 Å². The standard InChI is InChI=1S/C18H24N2O5S.ClH/c1-3-25-17(22)12-8-13(10-14(9-12)26(2,23)24)20-16(21)15-11-18(15)4-6-19-7-5-18;/h8-10,15,19H,3-7,11H2,1-2H3,(H,20,21);1H. The quantitative estimate of drug-likeness (QED) is 0.712. The number of anilines is 1. The van der Waals surface area contributed by atoms with Crippen molar-refractivity contribution in [2.24, 2.45) is 11.3 Å². The summed E-state index contributed by atoms with van der Waals surface area (Å²) in [6.45, 7) is 3.69. The third-order valence-corrected chi connectivity index (χ3v) is 6.31. The van der Waals surface area contributed by atoms with E-state index < -0.39 is 15.8 Å². The fourth-order valence-corrected chi connectivity index (χ4v) is 4.32. The maximum Gasteiger partial charge on any atom is 0.338 e. The number of carbonyl (C=O) groups excluding carboxylic acids is 2. The number of nitrogens with one attached hydrogen (secondary N) is 2. The molecule has 2 aliphatic rings. The van der Waals surface area contributed by atoms with Gasteiger partial charge in [-0.2, -0.15) is 0 Å². The van der Waals surface area contributed by atoms with Crippen LogP contribution in [0.15, 0.2) is 23.1 Å². The van der Waals surface area contributed by atoms with Crippen molar-refractivity contribution in [1.82, 2.24) is 5.32 Å². The van der Waals surface area contributed by atoms with Gasteiger partial charge < -0.3 is 15.4 Å². The normalized spacial score (nSPS) is 20.4. The van der Waals surface area contributed by atoms with Gasteiger partial charge in [0.2, 0.25) is 5.91 Å². The van der Waals surface area contributed by atoms with E-state index in [0.717, 1.165) is 38.6 Å². The molecule has 3 rings (SSSR count). The molecule has 0 aromatic heterocycles. The summed E-state index contributed by atoms with van der Waals surface area (Å²) in [6, 6.07) is 4.11. The molecule has 2 N–H and O–H groups in total. The molecular formula is C18H25ClN2O5S. The van der Waals surface area contributed by atoms with Gasteiger partial charge in [0.15, 0.2) is 9.84 Å². The van der Waals surface area contributed by atoms with Crippen LogP contribution >= 0.6 is 12.4 Å². The Labute approximate surface area is 165 Å². The van der Waals surface area contributed by atoms with Crippen molar-refractivity contribution in [2.75, 3.05) is 31.3 Å². The summed E-state index contributed by atoms with van der Waals surface area (Å²) in [7, 11) is -3.53. The van der Waals surface area contributed by atoms with Gasteiger partial charge in [-0.25, -0.2) is 13.2 Å². The fraction of sp³-hybridized carbons (Fsp3) is 0.556. The van der Waals surface area contributed by atoms with Gasteiger partial charge >= 0.3 is 5.97 Å². The van der Waals surface area contributed by atoms with Crippen LogP contribution in [0.1, 0.15) is 36.5 Å². The van der Waals surface area contributed by atoms with Gasteiger partial charge in [0.25, 0.3) is 0 Å². The summed E-state index contributed by atoms with van der Waals surface area (Å²) in [6.07, 6.45) is 3.87. The largest absolute Gasteiger partial charge is 0.462 e. The first-order valence-corrected chi connectivity index (χ1v) is 10.7. The smallest absolute Gasteiger partial charge is 0.338 e. The monoisotopic (exact) mass is 416 g/mol. The summed E-state index contributed by atoms with van der Waals surface area (Å²) in [5.74, 6) is -0.792. The lowest BCUT2D eigenvalue weighted by Gasteiger charge is -2.23. The molecule has 27 heavy (non-hydrogen) atoms. The van der Waals surface area contributed by atoms with E-state index in [1.807, 2.05) is 0 Å². The number of sulfone groups is 1. The molecule has 150 valence electrons. The van der Waals surface area contributed by atoms with Crippen molar-refractivity contribution in [3.63, 3.8) is 0 Å². The second-order valence-corrected chi connectivity index (χ2v) is 9.11. The summed E-state index contributed by atoms with van der Waals surface area (Å²) < 4.78 is 28.8. The Balaban J connectivity index is 0.00000261. The minimum atomic E-state index is -3.53. The first-order valence-electron chi connectivity index (χ1n) is 8.79. The molecule has 1 heterocycles. The Kier molecular flexibility index (Phi) is 6.55. The highest BCUT2D eigenvalue weighted by Gasteiger charge is 2.57. The summed E-state index contributed by atoms with van der Waals surface area (Å²) >= 11 is 0. The first kappa shape index (κ1) is 21.7. The Morgan fingerprint density at radius 1 is 1.26 bits per heavy atom. The van der Waals surface area contributed by atoms with Gasteiger partial charge in [0.05, 0.1) is 17.1 Å². The van der Waals surface area contributed by atoms with Crippen molar-refractivity contribution in [3.05, 3.63) is 23.8 Å². The highest BCUT2D eigenvalue weighted by atomic mass is 35.5. The summed E-state index contributed by atoms with van der Waals surface area (Å²) in [5.41, 5.74) is 0.489. The highest BCUT2D eigenvalue weighted by molar-refractivity contribution is 7.90. The van der Waals surface area contributed by atoms with Gasteiger partial charge in [0.1, 0.15) is 0 Å². The molecule has 1 aliphatic carbocycles. The van der Waals surface area contributed by atoms with Crippen LogP contribution in [0.3, 0.4) is 0 Å². The van der Waals surface area contributed by atoms with E-state index in [1.54, 1.807) is 6.92 Å². The van der Waals surface area contributed by atoms with Crippen molar-refractivity contribution < 1.29 is 22.7 Å². The van der Waals surface area contributed by atoms with E-state index in [1.165, 1.54) is 18.2 Å². The Bertz CT molecular complexity index is 834. The van der Waals surface area contributed by atoms with Crippen LogP contribution in [-0.4, -0.2) is 46.2 Å². The minimum absolute atomic E-state index is 0. The molecule has 0 radical (unpaired) electrons. The molecule has 1 unspecified atom stereocenters. The van der Waals surface area contributed by atoms with Crippen LogP contribution in [-0.2, 0) is 19.4 Å². The molecular weight excluding hydrogens is 392 g/mol. The van der Waals surface area contributed by atoms with Gasteiger partial charge in [-0.15, -0.1) is 12.4 Å². The molecule has 1 aliphatic heterocycles. The van der Waals surface area contributed by atoms with E-state index >= 15 is 0 Å². The SMILES string of the molecule is CCOC(=O)c1cc(NC(=O)C2CC23CCNCC3)cc(S(C)(=O)=O)c1.Cl. The van der Waals surface area contributed by atoms with Gasteiger partial charge in [-0.1, -0.05) is 0 Å². The van der Waals surface area contributed by atoms with E-state index in [9.17, 15) is 18.0 Å². The summed E-state index contributed by atoms with van der Waals surface area (Å²) in [5, 5.41) is 6.09. The Morgan fingerprint density at radius 3 is 2.52 bits per heavy atom. The average molecular weight is 417 g/mol. The number of esters is 1. The average Bonchev–Trinajstić information content (AvgIpc) is 3.28. The topological polar surface area (TPSA) is 102 Å². The molecule has 0 bridgehead atoms. The molecule has 1 aromatic rings. The van der Waals surface area contributed by atoms with Crippen LogP contribution in [0.2, 0.25) is 0 Å². The van der Waals surface area contributed by atoms with E-state index in [4.69, 9.17) is 4.74 Å². The number of benzene rings is 1. The van der Waals surface area contributed by atoms with Crippen LogP contribution in [0.25, 0.3) is 0 Å². The number of ether oxygens (including phenoxy) is 1. The van der Waals surface area contributed by atoms with Crippen LogP contribution in [0, 0.1) is 11.3 Å². The zero-order valence-electron chi connectivity index (χ0n) is 15.4. The number of piperidine rings is 1. The third-order valence-electron chi connectivity index (χ3n) is 5.22. The number of rotatable bonds is 5. The zero-order chi connectivity index (χ0) is 18.9. The molecule has 1 spiro atoms. The molecule has 1 atom stereocenters. The van der Waals surface area contributed by atoms with Gasteiger partial charge in [-0.05, 0) is 62.9 Å². The van der Waals surface area contributed by atoms with Crippen molar-refractivity contribution in [1.29, 1.82) is 0 Å². The first-order chi connectivity index (χ1) is 12.2. The molecule has 2 fully saturated rings. The number of hydrogen-bond acceptors (Lipinski definition) is 6. The van der Waals surface area contributed by atoms with Crippen molar-refractivity contribution in [2.45, 2.75) is 31.1 Å². The fourth-order valence-electron chi connectivity index (χ4n) is 3.64. The number of hydrogen-bond donors (Lipinski definition) is 2. The minimum Gasteiger partial charge on any atom is -0.462 e. The molecule has 1 saturated carbocycles. The second-order valence-electron chi connectivity index (χ2n) is 7.10. The molecule has 7 nitrogen and oxygen atoms in total. The maximum atomic E-state index is 12.6. The highest BCUT2D eigenvalue weighted by Crippen LogP contribution is 2.58. The predicted octanol–water partition coefficient (Wildman–Crippen LogP) is 2.02. The number of amides is 1. The Hall–Kier alpha value is -1.64. The predicted molar refractivity (Wildman–Crippen MR) is 104 cm³/mol. The molecule has 1 aromatic carbocycles. The lowest BCUT2D eigenvalue weighted by molar-refractivity contribution is -0.118. The summed E-state index contributed by atoms with van der Waals surface area (Å²) in [4.78, 5) is 24.6. The third kappa shape index (κ3) is 4.80. The van der Waals surface area contributed by atoms with Crippen molar-refractivity contribution >= 4 is 39.8 Å². The van der Waals surface area contributed by atoms with Crippen molar-refractivity contribution in [3.8, 4) is 0 Å². The van der Waals surface area contributed by atoms with Gasteiger partial charge in [-0.3, -0.25) is 4.79 Å². The van der Waals surface area contributed by atoms with Crippen LogP contribution < -0.4 is 10.6 Å².